The molecule has 0 fully saturated rings. The van der Waals surface area contributed by atoms with Crippen molar-refractivity contribution in [3.05, 3.63) is 42.5 Å². The van der Waals surface area contributed by atoms with E-state index in [1.54, 1.807) is 0 Å². The van der Waals surface area contributed by atoms with E-state index in [2.05, 4.69) is 13.8 Å². The van der Waals surface area contributed by atoms with Gasteiger partial charge in [0, 0.05) is 5.39 Å². The number of hydrogen-bond donors (Lipinski definition) is 0. The van der Waals surface area contributed by atoms with E-state index in [0.29, 0.717) is 18.5 Å². The number of benzene rings is 2. The van der Waals surface area contributed by atoms with Gasteiger partial charge in [-0.25, -0.2) is 4.57 Å². The molecular formula is C21H31O3P. The molecule has 0 saturated carbocycles. The molecule has 0 spiro atoms. The molecule has 0 aromatic heterocycles. The third kappa shape index (κ3) is 6.49. The van der Waals surface area contributed by atoms with Crippen molar-refractivity contribution in [3.8, 4) is 5.75 Å². The van der Waals surface area contributed by atoms with Gasteiger partial charge >= 0.3 is 7.60 Å². The molecule has 4 heteroatoms. The van der Waals surface area contributed by atoms with Gasteiger partial charge in [0.25, 0.3) is 0 Å². The maximum Gasteiger partial charge on any atom is 0.379 e. The number of hydrogen-bond acceptors (Lipinski definition) is 3. The highest BCUT2D eigenvalue weighted by molar-refractivity contribution is 7.54. The van der Waals surface area contributed by atoms with Crippen molar-refractivity contribution in [1.82, 2.24) is 0 Å². The van der Waals surface area contributed by atoms with Gasteiger partial charge < -0.3 is 4.52 Å². The van der Waals surface area contributed by atoms with E-state index in [4.69, 9.17) is 9.05 Å². The van der Waals surface area contributed by atoms with Crippen molar-refractivity contribution < 1.29 is 13.6 Å². The average molecular weight is 362 g/mol. The Labute approximate surface area is 152 Å². The van der Waals surface area contributed by atoms with Crippen LogP contribution in [0.3, 0.4) is 0 Å². The van der Waals surface area contributed by atoms with Crippen LogP contribution in [0.2, 0.25) is 0 Å². The first-order chi connectivity index (χ1) is 12.2. The molecule has 0 amide bonds. The Hall–Kier alpha value is -1.31. The minimum atomic E-state index is -3.12. The van der Waals surface area contributed by atoms with Gasteiger partial charge in [-0.15, -0.1) is 0 Å². The number of fused-ring (bicyclic) bond motifs is 1. The van der Waals surface area contributed by atoms with Gasteiger partial charge in [0.05, 0.1) is 12.8 Å². The average Bonchev–Trinajstić information content (AvgIpc) is 2.63. The van der Waals surface area contributed by atoms with Gasteiger partial charge in [0.15, 0.2) is 0 Å². The molecule has 25 heavy (non-hydrogen) atoms. The Balaban J connectivity index is 2.04. The summed E-state index contributed by atoms with van der Waals surface area (Å²) in [6.07, 6.45) is 8.04. The van der Waals surface area contributed by atoms with Crippen molar-refractivity contribution in [2.75, 3.05) is 12.8 Å². The molecular weight excluding hydrogens is 331 g/mol. The van der Waals surface area contributed by atoms with Crippen molar-refractivity contribution in [2.45, 2.75) is 58.8 Å². The van der Waals surface area contributed by atoms with Crippen molar-refractivity contribution in [3.63, 3.8) is 0 Å². The van der Waals surface area contributed by atoms with Crippen LogP contribution in [0.1, 0.15) is 58.8 Å². The fourth-order valence-electron chi connectivity index (χ4n) is 2.82. The molecule has 0 aliphatic heterocycles. The van der Waals surface area contributed by atoms with E-state index in [-0.39, 0.29) is 0 Å². The monoisotopic (exact) mass is 362 g/mol. The summed E-state index contributed by atoms with van der Waals surface area (Å²) in [7, 11) is -3.12. The van der Waals surface area contributed by atoms with E-state index < -0.39 is 7.60 Å². The standard InChI is InChI=1S/C21H31O3P/c1-3-5-7-8-11-17-23-25(22,18-6-4-2)24-21-16-12-14-19-13-9-10-15-20(19)21/h9-10,12-16H,3-8,11,17-18H2,1-2H3. The van der Waals surface area contributed by atoms with Crippen molar-refractivity contribution in [2.24, 2.45) is 0 Å². The largest absolute Gasteiger partial charge is 0.424 e. The van der Waals surface area contributed by atoms with E-state index in [1.807, 2.05) is 42.5 Å². The lowest BCUT2D eigenvalue weighted by Gasteiger charge is -2.20. The first kappa shape index (κ1) is 20.0. The summed E-state index contributed by atoms with van der Waals surface area (Å²) in [4.78, 5) is 0. The Morgan fingerprint density at radius 2 is 1.56 bits per heavy atom. The zero-order valence-electron chi connectivity index (χ0n) is 15.6. The second kappa shape index (κ2) is 10.6. The molecule has 1 atom stereocenters. The summed E-state index contributed by atoms with van der Waals surface area (Å²) >= 11 is 0. The van der Waals surface area contributed by atoms with Gasteiger partial charge in [-0.05, 0) is 24.3 Å². The van der Waals surface area contributed by atoms with E-state index in [1.165, 1.54) is 19.3 Å². The molecule has 0 aliphatic rings. The van der Waals surface area contributed by atoms with E-state index in [9.17, 15) is 4.57 Å². The highest BCUT2D eigenvalue weighted by Crippen LogP contribution is 2.50. The Bertz CT molecular complexity index is 678. The third-order valence-corrected chi connectivity index (χ3v) is 6.22. The van der Waals surface area contributed by atoms with Gasteiger partial charge in [0.1, 0.15) is 5.75 Å². The first-order valence-electron chi connectivity index (χ1n) is 9.59. The fourth-order valence-corrected chi connectivity index (χ4v) is 4.67. The minimum Gasteiger partial charge on any atom is -0.424 e. The van der Waals surface area contributed by atoms with Gasteiger partial charge in [0.2, 0.25) is 0 Å². The summed E-state index contributed by atoms with van der Waals surface area (Å²) < 4.78 is 25.0. The lowest BCUT2D eigenvalue weighted by molar-refractivity contribution is 0.257. The fraction of sp³-hybridized carbons (Fsp3) is 0.524. The van der Waals surface area contributed by atoms with Crippen LogP contribution in [-0.4, -0.2) is 12.8 Å². The molecule has 0 heterocycles. The molecule has 0 saturated heterocycles. The molecule has 1 unspecified atom stereocenters. The van der Waals surface area contributed by atoms with Crippen molar-refractivity contribution >= 4 is 18.4 Å². The summed E-state index contributed by atoms with van der Waals surface area (Å²) in [5.41, 5.74) is 0. The Morgan fingerprint density at radius 3 is 2.36 bits per heavy atom. The second-order valence-corrected chi connectivity index (χ2v) is 8.61. The zero-order valence-corrected chi connectivity index (χ0v) is 16.5. The van der Waals surface area contributed by atoms with E-state index in [0.717, 1.165) is 36.5 Å². The van der Waals surface area contributed by atoms with Crippen LogP contribution < -0.4 is 4.52 Å². The molecule has 2 aromatic rings. The lowest BCUT2D eigenvalue weighted by atomic mass is 10.1. The third-order valence-electron chi connectivity index (χ3n) is 4.31. The van der Waals surface area contributed by atoms with Crippen LogP contribution in [0.15, 0.2) is 42.5 Å². The SMILES string of the molecule is CCCCCCCOP(=O)(CCCC)Oc1cccc2ccccc12. The predicted octanol–water partition coefficient (Wildman–Crippen LogP) is 7.20. The first-order valence-corrected chi connectivity index (χ1v) is 11.3. The summed E-state index contributed by atoms with van der Waals surface area (Å²) in [5, 5.41) is 2.06. The second-order valence-electron chi connectivity index (χ2n) is 6.50. The molecule has 2 aromatic carbocycles. The van der Waals surface area contributed by atoms with Crippen LogP contribution in [0.5, 0.6) is 5.75 Å². The van der Waals surface area contributed by atoms with Crippen LogP contribution >= 0.6 is 7.60 Å². The quantitative estimate of drug-likeness (QED) is 0.296. The summed E-state index contributed by atoms with van der Waals surface area (Å²) in [6, 6.07) is 13.9. The molecule has 2 rings (SSSR count). The normalized spacial score (nSPS) is 13.7. The zero-order chi connectivity index (χ0) is 18.0. The van der Waals surface area contributed by atoms with E-state index >= 15 is 0 Å². The molecule has 0 bridgehead atoms. The highest BCUT2D eigenvalue weighted by atomic mass is 31.2. The van der Waals surface area contributed by atoms with Crippen LogP contribution in [-0.2, 0) is 9.09 Å². The molecule has 138 valence electrons. The minimum absolute atomic E-state index is 0.474. The van der Waals surface area contributed by atoms with Crippen LogP contribution in [0.25, 0.3) is 10.8 Å². The maximum atomic E-state index is 13.2. The van der Waals surface area contributed by atoms with Gasteiger partial charge in [-0.3, -0.25) is 4.52 Å². The van der Waals surface area contributed by atoms with Crippen LogP contribution in [0.4, 0.5) is 0 Å². The molecule has 0 radical (unpaired) electrons. The Morgan fingerprint density at radius 1 is 0.840 bits per heavy atom. The lowest BCUT2D eigenvalue weighted by Crippen LogP contribution is -2.04. The maximum absolute atomic E-state index is 13.2. The molecule has 0 aliphatic carbocycles. The molecule has 0 N–H and O–H groups in total. The summed E-state index contributed by atoms with van der Waals surface area (Å²) in [5.74, 6) is 0.656. The number of unbranched alkanes of at least 4 members (excludes halogenated alkanes) is 5. The number of rotatable bonds is 12. The Kier molecular flexibility index (Phi) is 8.51. The predicted molar refractivity (Wildman–Crippen MR) is 107 cm³/mol. The van der Waals surface area contributed by atoms with Crippen molar-refractivity contribution in [1.29, 1.82) is 0 Å². The topological polar surface area (TPSA) is 35.5 Å². The van der Waals surface area contributed by atoms with Gasteiger partial charge in [-0.2, -0.15) is 0 Å². The van der Waals surface area contributed by atoms with Gasteiger partial charge in [-0.1, -0.05) is 82.3 Å². The highest BCUT2D eigenvalue weighted by Gasteiger charge is 2.26. The van der Waals surface area contributed by atoms with Crippen LogP contribution in [0, 0.1) is 0 Å². The molecule has 3 nitrogen and oxygen atoms in total. The smallest absolute Gasteiger partial charge is 0.379 e. The summed E-state index contributed by atoms with van der Waals surface area (Å²) in [6.45, 7) is 4.80.